The average Bonchev–Trinajstić information content (AvgIpc) is 2.21. The van der Waals surface area contributed by atoms with Gasteiger partial charge in [-0.15, -0.1) is 0 Å². The van der Waals surface area contributed by atoms with E-state index in [1.807, 2.05) is 60.7 Å². The van der Waals surface area contributed by atoms with Gasteiger partial charge < -0.3 is 5.32 Å². The molecule has 0 saturated carbocycles. The second kappa shape index (κ2) is 6.07. The molecule has 0 heterocycles. The fourth-order valence-electron chi connectivity index (χ4n) is 1.21. The van der Waals surface area contributed by atoms with Crippen molar-refractivity contribution < 1.29 is 37.7 Å². The standard InChI is InChI=1S/C12H11N.Ar/c1-3-7-11(8-4-1)13-12-9-5-2-6-10-12;/h1-10,13H;. The van der Waals surface area contributed by atoms with Crippen LogP contribution in [0.3, 0.4) is 0 Å². The van der Waals surface area contributed by atoms with E-state index in [0.717, 1.165) is 11.4 Å². The van der Waals surface area contributed by atoms with Gasteiger partial charge >= 0.3 is 0 Å². The first-order chi connectivity index (χ1) is 6.45. The second-order valence-corrected chi connectivity index (χ2v) is 2.86. The molecule has 0 amide bonds. The molecule has 0 saturated heterocycles. The van der Waals surface area contributed by atoms with Crippen molar-refractivity contribution in [2.75, 3.05) is 5.32 Å². The minimum atomic E-state index is 0. The van der Waals surface area contributed by atoms with Gasteiger partial charge in [0, 0.05) is 49.1 Å². The van der Waals surface area contributed by atoms with Gasteiger partial charge in [0.05, 0.1) is 0 Å². The van der Waals surface area contributed by atoms with Crippen LogP contribution in [0.4, 0.5) is 11.4 Å². The van der Waals surface area contributed by atoms with Crippen molar-refractivity contribution in [3.05, 3.63) is 60.7 Å². The Balaban J connectivity index is 0.000000980. The minimum absolute atomic E-state index is 0. The zero-order chi connectivity index (χ0) is 8.93. The van der Waals surface area contributed by atoms with Gasteiger partial charge in [0.25, 0.3) is 0 Å². The van der Waals surface area contributed by atoms with E-state index < -0.39 is 0 Å². The maximum Gasteiger partial charge on any atom is 0.0384 e. The Bertz CT molecular complexity index is 321. The van der Waals surface area contributed by atoms with Gasteiger partial charge in [-0.1, -0.05) is 36.4 Å². The van der Waals surface area contributed by atoms with Crippen LogP contribution in [0.1, 0.15) is 0 Å². The number of benzene rings is 2. The van der Waals surface area contributed by atoms with Gasteiger partial charge in [-0.2, -0.15) is 0 Å². The summed E-state index contributed by atoms with van der Waals surface area (Å²) in [5.74, 6) is 0. The van der Waals surface area contributed by atoms with E-state index in [-0.39, 0.29) is 37.7 Å². The number of anilines is 2. The van der Waals surface area contributed by atoms with Crippen LogP contribution in [0.25, 0.3) is 0 Å². The first-order valence-corrected chi connectivity index (χ1v) is 4.32. The predicted molar refractivity (Wildman–Crippen MR) is 56.2 cm³/mol. The zero-order valence-corrected chi connectivity index (χ0v) is 8.33. The maximum atomic E-state index is 3.30. The van der Waals surface area contributed by atoms with E-state index in [9.17, 15) is 0 Å². The normalized spacial score (nSPS) is 8.86. The molecule has 0 unspecified atom stereocenters. The molecule has 0 spiro atoms. The SMILES string of the molecule is [Ar].c1ccc(Nc2ccccc2)cc1. The number of hydrogen-bond acceptors (Lipinski definition) is 1. The molecule has 0 aromatic heterocycles. The molecule has 2 heteroatoms. The Hall–Kier alpha value is -0.500. The Kier molecular flexibility index (Phi) is 5.02. The largest absolute Gasteiger partial charge is 0.356 e. The number of para-hydroxylation sites is 2. The van der Waals surface area contributed by atoms with Crippen LogP contribution < -0.4 is 5.32 Å². The van der Waals surface area contributed by atoms with Crippen molar-refractivity contribution >= 4 is 11.4 Å². The van der Waals surface area contributed by atoms with Crippen LogP contribution in [0.5, 0.6) is 0 Å². The molecule has 1 N–H and O–H groups in total. The van der Waals surface area contributed by atoms with E-state index in [1.165, 1.54) is 0 Å². The minimum Gasteiger partial charge on any atom is -0.356 e. The molecule has 0 aliphatic heterocycles. The monoisotopic (exact) mass is 209 g/mol. The van der Waals surface area contributed by atoms with E-state index in [1.54, 1.807) is 0 Å². The first kappa shape index (κ1) is 11.6. The molecule has 0 aliphatic carbocycles. The van der Waals surface area contributed by atoms with Crippen molar-refractivity contribution in [2.45, 2.75) is 0 Å². The van der Waals surface area contributed by atoms with Crippen LogP contribution in [-0.4, -0.2) is 0 Å². The molecular formula is C12H11ArN. The quantitative estimate of drug-likeness (QED) is 0.798. The fourth-order valence-corrected chi connectivity index (χ4v) is 1.21. The molecule has 0 bridgehead atoms. The zero-order valence-electron chi connectivity index (χ0n) is 7.63. The van der Waals surface area contributed by atoms with E-state index in [4.69, 9.17) is 0 Å². The van der Waals surface area contributed by atoms with Crippen LogP contribution in [0.2, 0.25) is 0 Å². The first-order valence-electron chi connectivity index (χ1n) is 4.32. The molecule has 0 atom stereocenters. The summed E-state index contributed by atoms with van der Waals surface area (Å²) in [7, 11) is 0. The Labute approximate surface area is 114 Å². The third-order valence-electron chi connectivity index (χ3n) is 1.84. The second-order valence-electron chi connectivity index (χ2n) is 2.86. The van der Waals surface area contributed by atoms with Gasteiger partial charge in [-0.3, -0.25) is 0 Å². The summed E-state index contributed by atoms with van der Waals surface area (Å²) < 4.78 is 0. The van der Waals surface area contributed by atoms with Crippen LogP contribution in [0.15, 0.2) is 60.7 Å². The molecule has 0 aliphatic rings. The summed E-state index contributed by atoms with van der Waals surface area (Å²) in [6.07, 6.45) is 0. The molecule has 14 heavy (non-hydrogen) atoms. The van der Waals surface area contributed by atoms with Gasteiger partial charge in [-0.25, -0.2) is 0 Å². The molecule has 2 rings (SSSR count). The van der Waals surface area contributed by atoms with Crippen LogP contribution in [-0.2, 0) is 0 Å². The topological polar surface area (TPSA) is 12.0 Å². The number of rotatable bonds is 2. The van der Waals surface area contributed by atoms with Gasteiger partial charge in [0.15, 0.2) is 0 Å². The maximum absolute atomic E-state index is 3.30. The predicted octanol–water partition coefficient (Wildman–Crippen LogP) is 3.43. The summed E-state index contributed by atoms with van der Waals surface area (Å²) >= 11 is 0. The molecular weight excluding hydrogens is 198 g/mol. The Morgan fingerprint density at radius 2 is 0.929 bits per heavy atom. The summed E-state index contributed by atoms with van der Waals surface area (Å²) in [5.41, 5.74) is 2.24. The van der Waals surface area contributed by atoms with Crippen LogP contribution in [0, 0.1) is 37.7 Å². The summed E-state index contributed by atoms with van der Waals surface area (Å²) in [5, 5.41) is 3.30. The van der Waals surface area contributed by atoms with Gasteiger partial charge in [-0.05, 0) is 24.3 Å². The molecule has 72 valence electrons. The average molecular weight is 209 g/mol. The van der Waals surface area contributed by atoms with Crippen molar-refractivity contribution in [3.8, 4) is 0 Å². The van der Waals surface area contributed by atoms with E-state index in [2.05, 4.69) is 5.32 Å². The summed E-state index contributed by atoms with van der Waals surface area (Å²) in [4.78, 5) is 0. The summed E-state index contributed by atoms with van der Waals surface area (Å²) in [6.45, 7) is 0. The molecule has 0 radical (unpaired) electrons. The van der Waals surface area contributed by atoms with Crippen LogP contribution >= 0.6 is 0 Å². The van der Waals surface area contributed by atoms with Crippen molar-refractivity contribution in [2.24, 2.45) is 0 Å². The molecule has 1 nitrogen and oxygen atoms in total. The van der Waals surface area contributed by atoms with Gasteiger partial charge in [0.2, 0.25) is 0 Å². The fraction of sp³-hybridized carbons (Fsp3) is 0. The third kappa shape index (κ3) is 3.33. The third-order valence-corrected chi connectivity index (χ3v) is 1.84. The number of hydrogen-bond donors (Lipinski definition) is 1. The van der Waals surface area contributed by atoms with E-state index in [0.29, 0.717) is 0 Å². The molecule has 2 aromatic carbocycles. The molecule has 0 fully saturated rings. The Morgan fingerprint density at radius 1 is 0.571 bits per heavy atom. The Morgan fingerprint density at radius 3 is 1.29 bits per heavy atom. The van der Waals surface area contributed by atoms with Crippen molar-refractivity contribution in [1.29, 1.82) is 0 Å². The van der Waals surface area contributed by atoms with Crippen molar-refractivity contribution in [1.82, 2.24) is 0 Å². The van der Waals surface area contributed by atoms with Gasteiger partial charge in [0.1, 0.15) is 0 Å². The number of nitrogens with one attached hydrogen (secondary N) is 1. The molecule has 2 aromatic rings. The van der Waals surface area contributed by atoms with Crippen molar-refractivity contribution in [3.63, 3.8) is 0 Å². The van der Waals surface area contributed by atoms with E-state index >= 15 is 0 Å². The smallest absolute Gasteiger partial charge is 0.0384 e. The summed E-state index contributed by atoms with van der Waals surface area (Å²) in [6, 6.07) is 20.3.